The van der Waals surface area contributed by atoms with Crippen molar-refractivity contribution in [2.45, 2.75) is 51.0 Å². The number of carbonyl (C=O) groups excluding carboxylic acids is 4. The third kappa shape index (κ3) is 4.52. The molecule has 1 saturated heterocycles. The minimum atomic E-state index is -1.09. The molecule has 0 saturated carbocycles. The summed E-state index contributed by atoms with van der Waals surface area (Å²) >= 11 is 6.14. The average Bonchev–Trinajstić information content (AvgIpc) is 3.24. The molecule has 3 aliphatic carbocycles. The number of amides is 3. The van der Waals surface area contributed by atoms with Crippen LogP contribution >= 0.6 is 11.6 Å². The monoisotopic (exact) mass is 570 g/mol. The van der Waals surface area contributed by atoms with E-state index in [2.05, 4.69) is 5.32 Å². The first-order valence-corrected chi connectivity index (χ1v) is 14.5. The number of nitrogens with zero attached hydrogens (tertiary/aromatic N) is 1. The molecule has 1 aliphatic heterocycles. The fraction of sp³-hybridized carbons (Fsp3) is 0.333. The number of likely N-dealkylation sites (tertiary alicyclic amines) is 1. The number of hydrogen-bond acceptors (Lipinski definition) is 5. The van der Waals surface area contributed by atoms with Crippen LogP contribution in [0, 0.1) is 18.8 Å². The molecular formula is C33H31ClN2O5. The van der Waals surface area contributed by atoms with Crippen LogP contribution in [-0.4, -0.2) is 41.2 Å². The standard InChI is InChI=1S/C33H31ClN2O5/c1-3-4-13-25(33(40)41-17-26(37)35-19-15-14-18(2)24(34)16-19)36-31(38)29-27-20-9-5-6-10-21(20)28(30(29)32(36)39)23-12-8-7-11-22(23)27/h5-12,14-16,25,27-30H,3-4,13,17H2,1-2H3,(H,35,37)/t25-,27?,28?,29-,30+/m0/s1. The number of nitrogens with one attached hydrogen (secondary N) is 1. The first kappa shape index (κ1) is 27.2. The normalized spacial score (nSPS) is 22.6. The molecule has 1 N–H and O–H groups in total. The molecule has 3 aromatic rings. The summed E-state index contributed by atoms with van der Waals surface area (Å²) < 4.78 is 5.41. The van der Waals surface area contributed by atoms with Crippen LogP contribution in [0.5, 0.6) is 0 Å². The zero-order valence-corrected chi connectivity index (χ0v) is 23.7. The van der Waals surface area contributed by atoms with Crippen LogP contribution in [0.4, 0.5) is 5.69 Å². The molecule has 210 valence electrons. The van der Waals surface area contributed by atoms with E-state index in [9.17, 15) is 19.2 Å². The van der Waals surface area contributed by atoms with Crippen LogP contribution < -0.4 is 5.32 Å². The quantitative estimate of drug-likeness (QED) is 0.282. The molecule has 41 heavy (non-hydrogen) atoms. The van der Waals surface area contributed by atoms with E-state index >= 15 is 0 Å². The SMILES string of the molecule is CCCC[C@@H](C(=O)OCC(=O)Nc1ccc(C)c(Cl)c1)N1C(=O)[C@@H]2C3c4ccccc4C(c4ccccc43)[C@@H]2C1=O. The lowest BCUT2D eigenvalue weighted by Gasteiger charge is -2.45. The molecule has 0 radical (unpaired) electrons. The number of ether oxygens (including phenoxy) is 1. The number of aryl methyl sites for hydroxylation is 1. The summed E-state index contributed by atoms with van der Waals surface area (Å²) in [6.45, 7) is 3.29. The van der Waals surface area contributed by atoms with Crippen molar-refractivity contribution in [3.05, 3.63) is 99.6 Å². The molecule has 1 heterocycles. The highest BCUT2D eigenvalue weighted by Gasteiger charge is 2.63. The molecule has 8 heteroatoms. The van der Waals surface area contributed by atoms with Crippen LogP contribution in [0.1, 0.15) is 65.8 Å². The summed E-state index contributed by atoms with van der Waals surface area (Å²) in [7, 11) is 0. The van der Waals surface area contributed by atoms with Crippen LogP contribution in [0.15, 0.2) is 66.7 Å². The van der Waals surface area contributed by atoms with E-state index in [0.717, 1.165) is 39.1 Å². The minimum Gasteiger partial charge on any atom is -0.454 e. The number of carbonyl (C=O) groups is 4. The van der Waals surface area contributed by atoms with Crippen molar-refractivity contribution in [3.8, 4) is 0 Å². The zero-order valence-electron chi connectivity index (χ0n) is 22.9. The number of benzene rings is 3. The Balaban J connectivity index is 1.25. The van der Waals surface area contributed by atoms with E-state index in [1.54, 1.807) is 18.2 Å². The molecule has 3 amide bonds. The summed E-state index contributed by atoms with van der Waals surface area (Å²) in [6.07, 6.45) is 1.66. The van der Waals surface area contributed by atoms with Gasteiger partial charge in [0.15, 0.2) is 6.61 Å². The lowest BCUT2D eigenvalue weighted by atomic mass is 9.55. The fourth-order valence-electron chi connectivity index (χ4n) is 6.86. The maximum Gasteiger partial charge on any atom is 0.329 e. The first-order chi connectivity index (χ1) is 19.8. The molecule has 0 unspecified atom stereocenters. The van der Waals surface area contributed by atoms with Gasteiger partial charge in [-0.05, 0) is 53.3 Å². The highest BCUT2D eigenvalue weighted by Crippen LogP contribution is 2.61. The average molecular weight is 571 g/mol. The molecule has 3 aromatic carbocycles. The van der Waals surface area contributed by atoms with Gasteiger partial charge in [0.1, 0.15) is 6.04 Å². The number of imide groups is 1. The summed E-state index contributed by atoms with van der Waals surface area (Å²) in [5.41, 5.74) is 5.63. The lowest BCUT2D eigenvalue weighted by Crippen LogP contribution is -2.47. The topological polar surface area (TPSA) is 92.8 Å². The van der Waals surface area contributed by atoms with Crippen molar-refractivity contribution < 1.29 is 23.9 Å². The van der Waals surface area contributed by atoms with Gasteiger partial charge in [0.2, 0.25) is 11.8 Å². The number of halogens is 1. The van der Waals surface area contributed by atoms with Crippen molar-refractivity contribution in [2.75, 3.05) is 11.9 Å². The molecule has 2 bridgehead atoms. The van der Waals surface area contributed by atoms with Crippen molar-refractivity contribution in [1.82, 2.24) is 4.90 Å². The van der Waals surface area contributed by atoms with Crippen LogP contribution in [0.25, 0.3) is 0 Å². The van der Waals surface area contributed by atoms with Crippen LogP contribution in [0.3, 0.4) is 0 Å². The Morgan fingerprint density at radius 2 is 1.44 bits per heavy atom. The predicted molar refractivity (Wildman–Crippen MR) is 154 cm³/mol. The van der Waals surface area contributed by atoms with Crippen LogP contribution in [-0.2, 0) is 23.9 Å². The number of esters is 1. The summed E-state index contributed by atoms with van der Waals surface area (Å²) in [6, 6.07) is 20.1. The first-order valence-electron chi connectivity index (χ1n) is 14.1. The number of unbranched alkanes of at least 4 members (excludes halogenated alkanes) is 1. The lowest BCUT2D eigenvalue weighted by molar-refractivity contribution is -0.160. The van der Waals surface area contributed by atoms with E-state index in [0.29, 0.717) is 17.1 Å². The van der Waals surface area contributed by atoms with E-state index in [4.69, 9.17) is 16.3 Å². The van der Waals surface area contributed by atoms with Gasteiger partial charge in [-0.15, -0.1) is 0 Å². The Morgan fingerprint density at radius 1 is 0.902 bits per heavy atom. The zero-order chi connectivity index (χ0) is 28.8. The van der Waals surface area contributed by atoms with E-state index in [1.165, 1.54) is 0 Å². The van der Waals surface area contributed by atoms with Crippen molar-refractivity contribution >= 4 is 41.0 Å². The Hall–Kier alpha value is -3.97. The maximum atomic E-state index is 14.1. The molecule has 3 atom stereocenters. The smallest absolute Gasteiger partial charge is 0.329 e. The Labute approximate surface area is 243 Å². The second kappa shape index (κ2) is 10.8. The van der Waals surface area contributed by atoms with Gasteiger partial charge in [-0.3, -0.25) is 19.3 Å². The predicted octanol–water partition coefficient (Wildman–Crippen LogP) is 5.58. The van der Waals surface area contributed by atoms with Gasteiger partial charge < -0.3 is 10.1 Å². The molecule has 7 rings (SSSR count). The van der Waals surface area contributed by atoms with Gasteiger partial charge in [0.05, 0.1) is 11.8 Å². The third-order valence-electron chi connectivity index (χ3n) is 8.70. The van der Waals surface area contributed by atoms with Gasteiger partial charge in [0, 0.05) is 22.5 Å². The van der Waals surface area contributed by atoms with E-state index in [1.807, 2.05) is 62.4 Å². The Morgan fingerprint density at radius 3 is 1.93 bits per heavy atom. The van der Waals surface area contributed by atoms with E-state index < -0.39 is 36.4 Å². The summed E-state index contributed by atoms with van der Waals surface area (Å²) in [4.78, 5) is 55.4. The summed E-state index contributed by atoms with van der Waals surface area (Å²) in [5, 5.41) is 3.17. The molecule has 0 spiro atoms. The highest BCUT2D eigenvalue weighted by atomic mass is 35.5. The molecule has 0 aromatic heterocycles. The van der Waals surface area contributed by atoms with Crippen LogP contribution in [0.2, 0.25) is 5.02 Å². The molecular weight excluding hydrogens is 540 g/mol. The fourth-order valence-corrected chi connectivity index (χ4v) is 7.04. The van der Waals surface area contributed by atoms with E-state index in [-0.39, 0.29) is 30.1 Å². The maximum absolute atomic E-state index is 14.1. The van der Waals surface area contributed by atoms with Gasteiger partial charge in [-0.2, -0.15) is 0 Å². The van der Waals surface area contributed by atoms with Gasteiger partial charge in [0.25, 0.3) is 5.91 Å². The largest absolute Gasteiger partial charge is 0.454 e. The van der Waals surface area contributed by atoms with Crippen molar-refractivity contribution in [1.29, 1.82) is 0 Å². The van der Waals surface area contributed by atoms with Crippen molar-refractivity contribution in [3.63, 3.8) is 0 Å². The van der Waals surface area contributed by atoms with Gasteiger partial charge >= 0.3 is 5.97 Å². The highest BCUT2D eigenvalue weighted by molar-refractivity contribution is 6.31. The van der Waals surface area contributed by atoms with Gasteiger partial charge in [-0.25, -0.2) is 4.79 Å². The third-order valence-corrected chi connectivity index (χ3v) is 9.11. The summed E-state index contributed by atoms with van der Waals surface area (Å²) in [5.74, 6) is -3.63. The minimum absolute atomic E-state index is 0.256. The second-order valence-electron chi connectivity index (χ2n) is 11.1. The number of hydrogen-bond donors (Lipinski definition) is 1. The molecule has 4 aliphatic rings. The second-order valence-corrected chi connectivity index (χ2v) is 11.5. The number of anilines is 1. The Bertz CT molecular complexity index is 1450. The number of rotatable bonds is 8. The van der Waals surface area contributed by atoms with Crippen molar-refractivity contribution in [2.24, 2.45) is 11.8 Å². The Kier molecular flexibility index (Phi) is 7.16. The molecule has 7 nitrogen and oxygen atoms in total. The van der Waals surface area contributed by atoms with Gasteiger partial charge in [-0.1, -0.05) is 86.0 Å². The molecule has 1 fully saturated rings.